The van der Waals surface area contributed by atoms with Crippen molar-refractivity contribution in [2.45, 2.75) is 32.7 Å². The first-order chi connectivity index (χ1) is 6.33. The SMILES string of the molecule is CCNC(c1sccc1C)C1CC1. The second-order valence-electron chi connectivity index (χ2n) is 3.84. The van der Waals surface area contributed by atoms with Gasteiger partial charge in [0.15, 0.2) is 0 Å². The number of hydrogen-bond donors (Lipinski definition) is 1. The molecule has 1 aromatic rings. The van der Waals surface area contributed by atoms with Gasteiger partial charge in [-0.3, -0.25) is 0 Å². The summed E-state index contributed by atoms with van der Waals surface area (Å²) in [6, 6.07) is 2.87. The van der Waals surface area contributed by atoms with E-state index in [1.54, 1.807) is 4.88 Å². The first kappa shape index (κ1) is 9.22. The largest absolute Gasteiger partial charge is 0.309 e. The number of nitrogens with one attached hydrogen (secondary N) is 1. The summed E-state index contributed by atoms with van der Waals surface area (Å²) in [5.41, 5.74) is 1.46. The molecule has 2 rings (SSSR count). The highest BCUT2D eigenvalue weighted by molar-refractivity contribution is 7.10. The zero-order valence-corrected chi connectivity index (χ0v) is 9.16. The van der Waals surface area contributed by atoms with Crippen molar-refractivity contribution in [3.8, 4) is 0 Å². The fourth-order valence-electron chi connectivity index (χ4n) is 1.83. The number of aryl methyl sites for hydroxylation is 1. The third kappa shape index (κ3) is 1.94. The van der Waals surface area contributed by atoms with E-state index in [0.717, 1.165) is 12.5 Å². The Labute approximate surface area is 84.2 Å². The van der Waals surface area contributed by atoms with E-state index >= 15 is 0 Å². The quantitative estimate of drug-likeness (QED) is 0.778. The summed E-state index contributed by atoms with van der Waals surface area (Å²) in [5.74, 6) is 0.914. The maximum absolute atomic E-state index is 3.60. The van der Waals surface area contributed by atoms with E-state index in [2.05, 4.69) is 30.6 Å². The summed E-state index contributed by atoms with van der Waals surface area (Å²) in [6.07, 6.45) is 2.82. The van der Waals surface area contributed by atoms with Crippen LogP contribution in [-0.4, -0.2) is 6.54 Å². The molecule has 1 aliphatic rings. The number of thiophene rings is 1. The minimum absolute atomic E-state index is 0.644. The van der Waals surface area contributed by atoms with E-state index < -0.39 is 0 Å². The highest BCUT2D eigenvalue weighted by atomic mass is 32.1. The molecule has 0 radical (unpaired) electrons. The first-order valence-electron chi connectivity index (χ1n) is 5.10. The maximum Gasteiger partial charge on any atom is 0.0446 e. The average Bonchev–Trinajstić information content (AvgIpc) is 2.86. The topological polar surface area (TPSA) is 12.0 Å². The predicted octanol–water partition coefficient (Wildman–Crippen LogP) is 3.12. The van der Waals surface area contributed by atoms with Crippen molar-refractivity contribution in [2.24, 2.45) is 5.92 Å². The molecule has 1 N–H and O–H groups in total. The molecule has 0 bridgehead atoms. The Hall–Kier alpha value is -0.340. The molecule has 0 aliphatic heterocycles. The van der Waals surface area contributed by atoms with Crippen LogP contribution in [-0.2, 0) is 0 Å². The lowest BCUT2D eigenvalue weighted by Gasteiger charge is -2.16. The molecule has 72 valence electrons. The van der Waals surface area contributed by atoms with Crippen LogP contribution in [0.4, 0.5) is 0 Å². The van der Waals surface area contributed by atoms with Gasteiger partial charge in [0.1, 0.15) is 0 Å². The number of hydrogen-bond acceptors (Lipinski definition) is 2. The zero-order chi connectivity index (χ0) is 9.26. The van der Waals surface area contributed by atoms with E-state index in [4.69, 9.17) is 0 Å². The maximum atomic E-state index is 3.60. The van der Waals surface area contributed by atoms with Crippen molar-refractivity contribution in [3.63, 3.8) is 0 Å². The lowest BCUT2D eigenvalue weighted by atomic mass is 10.1. The summed E-state index contributed by atoms with van der Waals surface area (Å²) in [7, 11) is 0. The number of rotatable bonds is 4. The van der Waals surface area contributed by atoms with Gasteiger partial charge in [-0.2, -0.15) is 0 Å². The summed E-state index contributed by atoms with van der Waals surface area (Å²) in [4.78, 5) is 1.56. The van der Waals surface area contributed by atoms with Gasteiger partial charge in [0.25, 0.3) is 0 Å². The van der Waals surface area contributed by atoms with E-state index in [0.29, 0.717) is 6.04 Å². The molecule has 1 heterocycles. The predicted molar refractivity (Wildman–Crippen MR) is 58.2 cm³/mol. The van der Waals surface area contributed by atoms with Crippen molar-refractivity contribution in [1.29, 1.82) is 0 Å². The minimum atomic E-state index is 0.644. The summed E-state index contributed by atoms with van der Waals surface area (Å²) < 4.78 is 0. The van der Waals surface area contributed by atoms with Gasteiger partial charge < -0.3 is 5.32 Å². The Morgan fingerprint density at radius 2 is 2.38 bits per heavy atom. The standard InChI is InChI=1S/C11H17NS/c1-3-12-10(9-4-5-9)11-8(2)6-7-13-11/h6-7,9-10,12H,3-5H2,1-2H3. The van der Waals surface area contributed by atoms with Crippen LogP contribution >= 0.6 is 11.3 Å². The fraction of sp³-hybridized carbons (Fsp3) is 0.636. The fourth-order valence-corrected chi connectivity index (χ4v) is 2.92. The van der Waals surface area contributed by atoms with Crippen molar-refractivity contribution in [1.82, 2.24) is 5.32 Å². The summed E-state index contributed by atoms with van der Waals surface area (Å²) in [6.45, 7) is 5.50. The highest BCUT2D eigenvalue weighted by Gasteiger charge is 2.32. The van der Waals surface area contributed by atoms with Gasteiger partial charge in [-0.1, -0.05) is 6.92 Å². The van der Waals surface area contributed by atoms with Gasteiger partial charge in [-0.15, -0.1) is 11.3 Å². The molecular weight excluding hydrogens is 178 g/mol. The van der Waals surface area contributed by atoms with Gasteiger partial charge in [0.05, 0.1) is 0 Å². The molecule has 0 aromatic carbocycles. The Balaban J connectivity index is 2.14. The Morgan fingerprint density at radius 3 is 2.85 bits per heavy atom. The normalized spacial score (nSPS) is 18.9. The van der Waals surface area contributed by atoms with Crippen LogP contribution in [0.3, 0.4) is 0 Å². The molecule has 1 unspecified atom stereocenters. The molecule has 2 heteroatoms. The van der Waals surface area contributed by atoms with E-state index in [1.165, 1.54) is 18.4 Å². The molecule has 13 heavy (non-hydrogen) atoms. The Bertz CT molecular complexity index is 275. The van der Waals surface area contributed by atoms with Crippen molar-refractivity contribution in [3.05, 3.63) is 21.9 Å². The smallest absolute Gasteiger partial charge is 0.0446 e. The van der Waals surface area contributed by atoms with Crippen molar-refractivity contribution >= 4 is 11.3 Å². The highest BCUT2D eigenvalue weighted by Crippen LogP contribution is 2.43. The van der Waals surface area contributed by atoms with Gasteiger partial charge >= 0.3 is 0 Å². The lowest BCUT2D eigenvalue weighted by Crippen LogP contribution is -2.22. The first-order valence-corrected chi connectivity index (χ1v) is 5.98. The summed E-state index contributed by atoms with van der Waals surface area (Å²) in [5, 5.41) is 5.80. The van der Waals surface area contributed by atoms with E-state index in [1.807, 2.05) is 11.3 Å². The third-order valence-corrected chi connectivity index (χ3v) is 3.80. The summed E-state index contributed by atoms with van der Waals surface area (Å²) >= 11 is 1.90. The molecular formula is C11H17NS. The molecule has 1 fully saturated rings. The Morgan fingerprint density at radius 1 is 1.62 bits per heavy atom. The van der Waals surface area contributed by atoms with Crippen LogP contribution in [0.25, 0.3) is 0 Å². The van der Waals surface area contributed by atoms with E-state index in [-0.39, 0.29) is 0 Å². The molecule has 1 atom stereocenters. The van der Waals surface area contributed by atoms with Crippen molar-refractivity contribution in [2.75, 3.05) is 6.54 Å². The second kappa shape index (κ2) is 3.81. The molecule has 1 aliphatic carbocycles. The van der Waals surface area contributed by atoms with E-state index in [9.17, 15) is 0 Å². The van der Waals surface area contributed by atoms with Gasteiger partial charge in [-0.05, 0) is 49.2 Å². The molecule has 1 nitrogen and oxygen atoms in total. The van der Waals surface area contributed by atoms with Crippen LogP contribution in [0.1, 0.15) is 36.2 Å². The monoisotopic (exact) mass is 195 g/mol. The molecule has 0 saturated heterocycles. The van der Waals surface area contributed by atoms with Gasteiger partial charge in [-0.25, -0.2) is 0 Å². The van der Waals surface area contributed by atoms with Crippen LogP contribution in [0.15, 0.2) is 11.4 Å². The minimum Gasteiger partial charge on any atom is -0.309 e. The third-order valence-electron chi connectivity index (χ3n) is 2.70. The van der Waals surface area contributed by atoms with Crippen LogP contribution < -0.4 is 5.32 Å². The lowest BCUT2D eigenvalue weighted by molar-refractivity contribution is 0.502. The Kier molecular flexibility index (Phi) is 2.70. The van der Waals surface area contributed by atoms with Crippen LogP contribution in [0, 0.1) is 12.8 Å². The molecule has 0 spiro atoms. The average molecular weight is 195 g/mol. The molecule has 1 saturated carbocycles. The molecule has 1 aromatic heterocycles. The van der Waals surface area contributed by atoms with Gasteiger partial charge in [0.2, 0.25) is 0 Å². The van der Waals surface area contributed by atoms with Crippen molar-refractivity contribution < 1.29 is 0 Å². The van der Waals surface area contributed by atoms with Crippen LogP contribution in [0.5, 0.6) is 0 Å². The zero-order valence-electron chi connectivity index (χ0n) is 8.34. The molecule has 0 amide bonds. The van der Waals surface area contributed by atoms with Crippen LogP contribution in [0.2, 0.25) is 0 Å². The second-order valence-corrected chi connectivity index (χ2v) is 4.79. The van der Waals surface area contributed by atoms with Gasteiger partial charge in [0, 0.05) is 10.9 Å².